The Bertz CT molecular complexity index is 399. The molecule has 16 heavy (non-hydrogen) atoms. The van der Waals surface area contributed by atoms with Crippen molar-refractivity contribution in [3.05, 3.63) is 24.0 Å². The summed E-state index contributed by atoms with van der Waals surface area (Å²) in [7, 11) is 1.59. The molecule has 1 heterocycles. The first-order chi connectivity index (χ1) is 7.68. The summed E-state index contributed by atoms with van der Waals surface area (Å²) in [6.07, 6.45) is 4.66. The highest BCUT2D eigenvalue weighted by Gasteiger charge is 2.43. The van der Waals surface area contributed by atoms with E-state index in [0.717, 1.165) is 25.0 Å². The average molecular weight is 221 g/mol. The largest absolute Gasteiger partial charge is 0.495 e. The molecular formula is C12H15NO3. The molecule has 0 radical (unpaired) electrons. The lowest BCUT2D eigenvalue weighted by Crippen LogP contribution is -2.37. The van der Waals surface area contributed by atoms with Crippen LogP contribution in [0.4, 0.5) is 0 Å². The first-order valence-corrected chi connectivity index (χ1v) is 5.39. The first kappa shape index (κ1) is 10.9. The van der Waals surface area contributed by atoms with E-state index < -0.39 is 5.97 Å². The Morgan fingerprint density at radius 2 is 2.38 bits per heavy atom. The van der Waals surface area contributed by atoms with E-state index in [0.29, 0.717) is 5.75 Å². The van der Waals surface area contributed by atoms with Crippen LogP contribution in [0.15, 0.2) is 18.3 Å². The number of aromatic nitrogens is 1. The van der Waals surface area contributed by atoms with Gasteiger partial charge in [0.15, 0.2) is 0 Å². The zero-order chi connectivity index (χ0) is 11.6. The van der Waals surface area contributed by atoms with Crippen LogP contribution >= 0.6 is 0 Å². The van der Waals surface area contributed by atoms with Crippen LogP contribution in [0.3, 0.4) is 0 Å². The molecule has 2 rings (SSSR count). The second kappa shape index (κ2) is 4.12. The molecule has 86 valence electrons. The number of hydrogen-bond acceptors (Lipinski definition) is 3. The van der Waals surface area contributed by atoms with E-state index in [1.807, 2.05) is 6.07 Å². The number of ether oxygens (including phenoxy) is 1. The number of methoxy groups -OCH3 is 1. The van der Waals surface area contributed by atoms with Gasteiger partial charge in [0.05, 0.1) is 19.2 Å². The zero-order valence-corrected chi connectivity index (χ0v) is 9.27. The van der Waals surface area contributed by atoms with Gasteiger partial charge in [0.2, 0.25) is 0 Å². The Morgan fingerprint density at radius 3 is 2.88 bits per heavy atom. The number of pyridine rings is 1. The molecule has 1 aromatic rings. The second-order valence-electron chi connectivity index (χ2n) is 4.26. The fourth-order valence-corrected chi connectivity index (χ4v) is 2.34. The first-order valence-electron chi connectivity index (χ1n) is 5.39. The van der Waals surface area contributed by atoms with Crippen LogP contribution in [-0.4, -0.2) is 23.2 Å². The Morgan fingerprint density at radius 1 is 1.62 bits per heavy atom. The number of aliphatic carboxylic acids is 1. The van der Waals surface area contributed by atoms with Crippen molar-refractivity contribution in [2.24, 2.45) is 0 Å². The van der Waals surface area contributed by atoms with Gasteiger partial charge >= 0.3 is 5.97 Å². The molecule has 1 aliphatic rings. The van der Waals surface area contributed by atoms with E-state index in [-0.39, 0.29) is 11.8 Å². The molecule has 4 heteroatoms. The fraction of sp³-hybridized carbons (Fsp3) is 0.500. The lowest BCUT2D eigenvalue weighted by Gasteiger charge is -2.40. The summed E-state index contributed by atoms with van der Waals surface area (Å²) >= 11 is 0. The highest BCUT2D eigenvalue weighted by atomic mass is 16.5. The highest BCUT2D eigenvalue weighted by molar-refractivity contribution is 5.69. The van der Waals surface area contributed by atoms with Crippen molar-refractivity contribution in [2.75, 3.05) is 7.11 Å². The van der Waals surface area contributed by atoms with Crippen LogP contribution in [0.1, 0.15) is 31.4 Å². The van der Waals surface area contributed by atoms with Gasteiger partial charge in [-0.05, 0) is 25.0 Å². The van der Waals surface area contributed by atoms with E-state index >= 15 is 0 Å². The van der Waals surface area contributed by atoms with Gasteiger partial charge in [-0.25, -0.2) is 0 Å². The number of carboxylic acid groups (broad SMARTS) is 1. The summed E-state index contributed by atoms with van der Waals surface area (Å²) < 4.78 is 5.25. The summed E-state index contributed by atoms with van der Waals surface area (Å²) in [5.74, 6) is -0.0733. The predicted octanol–water partition coefficient (Wildman–Crippen LogP) is 1.99. The lowest BCUT2D eigenvalue weighted by molar-refractivity contribution is -0.139. The quantitative estimate of drug-likeness (QED) is 0.844. The van der Waals surface area contributed by atoms with Crippen molar-refractivity contribution >= 4 is 5.97 Å². The summed E-state index contributed by atoms with van der Waals surface area (Å²) in [5.41, 5.74) is 0.490. The molecule has 0 amide bonds. The molecule has 0 spiro atoms. The third kappa shape index (κ3) is 1.75. The van der Waals surface area contributed by atoms with Crippen LogP contribution in [0, 0.1) is 0 Å². The Kier molecular flexibility index (Phi) is 2.81. The topological polar surface area (TPSA) is 59.4 Å². The van der Waals surface area contributed by atoms with Gasteiger partial charge < -0.3 is 9.84 Å². The SMILES string of the molecule is COc1cccnc1C1(CC(=O)O)CCC1. The molecule has 0 saturated heterocycles. The Labute approximate surface area is 94.3 Å². The maximum absolute atomic E-state index is 10.9. The van der Waals surface area contributed by atoms with Crippen molar-refractivity contribution in [1.82, 2.24) is 4.98 Å². The molecule has 1 aromatic heterocycles. The zero-order valence-electron chi connectivity index (χ0n) is 9.27. The van der Waals surface area contributed by atoms with Gasteiger partial charge in [0.1, 0.15) is 5.75 Å². The number of hydrogen-bond donors (Lipinski definition) is 1. The minimum Gasteiger partial charge on any atom is -0.495 e. The number of carbonyl (C=O) groups is 1. The molecule has 0 bridgehead atoms. The molecule has 1 aliphatic carbocycles. The van der Waals surface area contributed by atoms with E-state index in [2.05, 4.69) is 4.98 Å². The molecular weight excluding hydrogens is 206 g/mol. The monoisotopic (exact) mass is 221 g/mol. The van der Waals surface area contributed by atoms with Crippen LogP contribution in [-0.2, 0) is 10.2 Å². The number of carboxylic acids is 1. The van der Waals surface area contributed by atoms with Gasteiger partial charge in [0, 0.05) is 11.6 Å². The minimum atomic E-state index is -0.771. The van der Waals surface area contributed by atoms with Crippen LogP contribution in [0.25, 0.3) is 0 Å². The second-order valence-corrected chi connectivity index (χ2v) is 4.26. The van der Waals surface area contributed by atoms with Gasteiger partial charge in [-0.15, -0.1) is 0 Å². The molecule has 1 saturated carbocycles. The van der Waals surface area contributed by atoms with Crippen molar-refractivity contribution in [2.45, 2.75) is 31.1 Å². The standard InChI is InChI=1S/C12H15NO3/c1-16-9-4-2-7-13-11(9)12(5-3-6-12)8-10(14)15/h2,4,7H,3,5-6,8H2,1H3,(H,14,15). The van der Waals surface area contributed by atoms with E-state index in [1.54, 1.807) is 19.4 Å². The molecule has 0 aromatic carbocycles. The summed E-state index contributed by atoms with van der Waals surface area (Å²) in [6, 6.07) is 3.64. The fourth-order valence-electron chi connectivity index (χ4n) is 2.34. The van der Waals surface area contributed by atoms with Crippen molar-refractivity contribution in [3.63, 3.8) is 0 Å². The van der Waals surface area contributed by atoms with E-state index in [9.17, 15) is 4.79 Å². The molecule has 0 aliphatic heterocycles. The van der Waals surface area contributed by atoms with E-state index in [1.165, 1.54) is 0 Å². The third-order valence-electron chi connectivity index (χ3n) is 3.29. The van der Waals surface area contributed by atoms with Crippen molar-refractivity contribution < 1.29 is 14.6 Å². The molecule has 0 atom stereocenters. The molecule has 4 nitrogen and oxygen atoms in total. The lowest BCUT2D eigenvalue weighted by atomic mass is 9.64. The summed E-state index contributed by atoms with van der Waals surface area (Å²) in [6.45, 7) is 0. The normalized spacial score (nSPS) is 17.6. The average Bonchev–Trinajstić information content (AvgIpc) is 2.23. The number of rotatable bonds is 4. The third-order valence-corrected chi connectivity index (χ3v) is 3.29. The van der Waals surface area contributed by atoms with Gasteiger partial charge in [-0.3, -0.25) is 9.78 Å². The van der Waals surface area contributed by atoms with Gasteiger partial charge in [-0.1, -0.05) is 6.42 Å². The summed E-state index contributed by atoms with van der Waals surface area (Å²) in [4.78, 5) is 15.2. The Balaban J connectivity index is 2.36. The molecule has 1 N–H and O–H groups in total. The predicted molar refractivity (Wildman–Crippen MR) is 58.6 cm³/mol. The minimum absolute atomic E-state index is 0.139. The summed E-state index contributed by atoms with van der Waals surface area (Å²) in [5, 5.41) is 8.97. The molecule has 0 unspecified atom stereocenters. The maximum Gasteiger partial charge on any atom is 0.304 e. The van der Waals surface area contributed by atoms with Crippen molar-refractivity contribution in [1.29, 1.82) is 0 Å². The van der Waals surface area contributed by atoms with Gasteiger partial charge in [0.25, 0.3) is 0 Å². The maximum atomic E-state index is 10.9. The molecule has 1 fully saturated rings. The number of nitrogens with zero attached hydrogens (tertiary/aromatic N) is 1. The Hall–Kier alpha value is -1.58. The van der Waals surface area contributed by atoms with Crippen LogP contribution in [0.5, 0.6) is 5.75 Å². The van der Waals surface area contributed by atoms with Crippen LogP contribution < -0.4 is 4.74 Å². The smallest absolute Gasteiger partial charge is 0.304 e. The highest BCUT2D eigenvalue weighted by Crippen LogP contribution is 2.48. The van der Waals surface area contributed by atoms with Crippen LogP contribution in [0.2, 0.25) is 0 Å². The van der Waals surface area contributed by atoms with E-state index in [4.69, 9.17) is 9.84 Å². The van der Waals surface area contributed by atoms with Crippen molar-refractivity contribution in [3.8, 4) is 5.75 Å². The van der Waals surface area contributed by atoms with Gasteiger partial charge in [-0.2, -0.15) is 0 Å².